The molecule has 102 valence electrons. The average Bonchev–Trinajstić information content (AvgIpc) is 2.18. The van der Waals surface area contributed by atoms with Crippen LogP contribution in [0.15, 0.2) is 0 Å². The molecule has 8 N–H and O–H groups in total. The highest BCUT2D eigenvalue weighted by molar-refractivity contribution is 7.84. The smallest absolute Gasteiger partial charge is 0.337 e. The van der Waals surface area contributed by atoms with Gasteiger partial charge in [0.2, 0.25) is 0 Å². The Balaban J connectivity index is 2.99. The lowest BCUT2D eigenvalue weighted by molar-refractivity contribution is -0.392. The minimum atomic E-state index is -4.62. The molecule has 17 heavy (non-hydrogen) atoms. The first-order chi connectivity index (χ1) is 7.60. The molecule has 11 heteroatoms. The molecule has 1 saturated heterocycles. The second-order valence-corrected chi connectivity index (χ2v) is 4.70. The normalized spacial score (nSPS) is 43.6. The molecule has 0 aromatic rings. The lowest BCUT2D eigenvalue weighted by Crippen LogP contribution is -2.69. The molecule has 0 radical (unpaired) electrons. The number of ether oxygens (including phenoxy) is 1. The zero-order chi connectivity index (χ0) is 13.4. The van der Waals surface area contributed by atoms with Gasteiger partial charge >= 0.3 is 16.3 Å². The van der Waals surface area contributed by atoms with E-state index in [1.165, 1.54) is 0 Å². The van der Waals surface area contributed by atoms with Crippen molar-refractivity contribution in [3.8, 4) is 0 Å². The van der Waals surface area contributed by atoms with Crippen LogP contribution in [0, 0.1) is 0 Å². The van der Waals surface area contributed by atoms with Crippen LogP contribution in [0.2, 0.25) is 0 Å². The van der Waals surface area contributed by atoms with Crippen LogP contribution in [0.1, 0.15) is 0 Å². The van der Waals surface area contributed by atoms with Crippen molar-refractivity contribution in [1.29, 1.82) is 0 Å². The average molecular weight is 274 g/mol. The first-order valence-corrected chi connectivity index (χ1v) is 5.94. The summed E-state index contributed by atoms with van der Waals surface area (Å²) in [6.07, 6.45) is -4.86. The van der Waals surface area contributed by atoms with E-state index in [1.54, 1.807) is 0 Å². The quantitative estimate of drug-likeness (QED) is 0.275. The summed E-state index contributed by atoms with van der Waals surface area (Å²) in [5.74, 6) is -2.96. The zero-order valence-electron chi connectivity index (χ0n) is 8.50. The predicted molar refractivity (Wildman–Crippen MR) is 51.1 cm³/mol. The van der Waals surface area contributed by atoms with Crippen LogP contribution >= 0.6 is 0 Å². The molecule has 0 aromatic heterocycles. The van der Waals surface area contributed by atoms with Crippen molar-refractivity contribution in [3.05, 3.63) is 0 Å². The standard InChI is InChI=1S/C6H14N2O8S/c7-5-4(11)3(10)2(1-9)15-6(5,12)16-17(8,13)14/h2-5,9-12H,1,7H2,(H2,8,13,14)/t2-,3-,4+,5-,6-/m1/s1. The summed E-state index contributed by atoms with van der Waals surface area (Å²) in [7, 11) is -4.62. The van der Waals surface area contributed by atoms with Gasteiger partial charge in [0.1, 0.15) is 24.4 Å². The molecule has 0 spiro atoms. The first-order valence-electron chi connectivity index (χ1n) is 4.47. The maximum Gasteiger partial charge on any atom is 0.337 e. The van der Waals surface area contributed by atoms with Crippen LogP contribution < -0.4 is 10.9 Å². The van der Waals surface area contributed by atoms with E-state index < -0.39 is 47.2 Å². The van der Waals surface area contributed by atoms with E-state index in [0.717, 1.165) is 0 Å². The van der Waals surface area contributed by atoms with Crippen LogP contribution in [-0.4, -0.2) is 65.8 Å². The van der Waals surface area contributed by atoms with Gasteiger partial charge in [0.05, 0.1) is 6.61 Å². The Kier molecular flexibility index (Phi) is 4.08. The van der Waals surface area contributed by atoms with Crippen LogP contribution in [-0.2, 0) is 19.2 Å². The molecule has 1 rings (SSSR count). The van der Waals surface area contributed by atoms with E-state index >= 15 is 0 Å². The van der Waals surface area contributed by atoms with Gasteiger partial charge < -0.3 is 30.9 Å². The van der Waals surface area contributed by atoms with E-state index in [2.05, 4.69) is 14.1 Å². The fourth-order valence-corrected chi connectivity index (χ4v) is 1.88. The molecule has 1 aliphatic heterocycles. The molecule has 1 fully saturated rings. The highest BCUT2D eigenvalue weighted by Gasteiger charge is 2.54. The largest absolute Gasteiger partial charge is 0.394 e. The summed E-state index contributed by atoms with van der Waals surface area (Å²) in [5, 5.41) is 41.8. The SMILES string of the molecule is N[C@@H]1[C@@H](O)[C@H](O)[C@@H](CO)O[C@@]1(O)OS(N)(=O)=O. The molecule has 1 heterocycles. The summed E-state index contributed by atoms with van der Waals surface area (Å²) < 4.78 is 30.0. The van der Waals surface area contributed by atoms with Crippen molar-refractivity contribution >= 4 is 10.3 Å². The molecule has 0 aromatic carbocycles. The third-order valence-corrected chi connectivity index (χ3v) is 2.73. The first kappa shape index (κ1) is 14.7. The van der Waals surface area contributed by atoms with Gasteiger partial charge in [-0.2, -0.15) is 12.6 Å². The molecule has 0 amide bonds. The Hall–Kier alpha value is -0.370. The molecule has 0 unspecified atom stereocenters. The third kappa shape index (κ3) is 3.09. The predicted octanol–water partition coefficient (Wildman–Crippen LogP) is -4.71. The van der Waals surface area contributed by atoms with Gasteiger partial charge in [0.15, 0.2) is 0 Å². The van der Waals surface area contributed by atoms with Crippen molar-refractivity contribution in [2.75, 3.05) is 6.61 Å². The van der Waals surface area contributed by atoms with Crippen LogP contribution in [0.25, 0.3) is 0 Å². The maximum absolute atomic E-state index is 10.7. The highest BCUT2D eigenvalue weighted by atomic mass is 32.2. The van der Waals surface area contributed by atoms with Crippen molar-refractivity contribution in [2.45, 2.75) is 30.3 Å². The summed E-state index contributed by atoms with van der Waals surface area (Å²) >= 11 is 0. The summed E-state index contributed by atoms with van der Waals surface area (Å²) in [4.78, 5) is 0. The van der Waals surface area contributed by atoms with Gasteiger partial charge in [0.25, 0.3) is 0 Å². The number of nitrogens with two attached hydrogens (primary N) is 2. The summed E-state index contributed by atoms with van der Waals surface area (Å²) in [5.41, 5.74) is 5.26. The molecule has 1 aliphatic rings. The fraction of sp³-hybridized carbons (Fsp3) is 1.00. The number of hydrogen-bond acceptors (Lipinski definition) is 9. The van der Waals surface area contributed by atoms with Gasteiger partial charge in [-0.25, -0.2) is 5.14 Å². The van der Waals surface area contributed by atoms with Gasteiger partial charge in [-0.15, -0.1) is 0 Å². The van der Waals surface area contributed by atoms with Gasteiger partial charge in [-0.05, 0) is 0 Å². The molecular formula is C6H14N2O8S. The van der Waals surface area contributed by atoms with Crippen LogP contribution in [0.5, 0.6) is 0 Å². The monoisotopic (exact) mass is 274 g/mol. The summed E-state index contributed by atoms with van der Waals surface area (Å²) in [6.45, 7) is -0.804. The van der Waals surface area contributed by atoms with Gasteiger partial charge in [-0.3, -0.25) is 0 Å². The third-order valence-electron chi connectivity index (χ3n) is 2.26. The summed E-state index contributed by atoms with van der Waals surface area (Å²) in [6, 6.07) is -1.79. The van der Waals surface area contributed by atoms with E-state index in [4.69, 9.17) is 10.8 Å². The fourth-order valence-electron chi connectivity index (χ4n) is 1.40. The molecule has 0 saturated carbocycles. The van der Waals surface area contributed by atoms with E-state index in [9.17, 15) is 23.7 Å². The Morgan fingerprint density at radius 3 is 2.29 bits per heavy atom. The van der Waals surface area contributed by atoms with Crippen molar-refractivity contribution in [2.24, 2.45) is 10.9 Å². The number of hydrogen-bond donors (Lipinski definition) is 6. The molecule has 5 atom stereocenters. The van der Waals surface area contributed by atoms with Gasteiger partial charge in [-0.1, -0.05) is 0 Å². The number of rotatable bonds is 3. The van der Waals surface area contributed by atoms with E-state index in [0.29, 0.717) is 0 Å². The topological polar surface area (TPSA) is 186 Å². The molecule has 0 bridgehead atoms. The molecule has 10 nitrogen and oxygen atoms in total. The number of aliphatic hydroxyl groups is 4. The zero-order valence-corrected chi connectivity index (χ0v) is 9.32. The maximum atomic E-state index is 10.7. The second-order valence-electron chi connectivity index (χ2n) is 3.55. The van der Waals surface area contributed by atoms with Crippen molar-refractivity contribution < 1.29 is 37.8 Å². The Labute approximate surface area is 96.6 Å². The lowest BCUT2D eigenvalue weighted by atomic mass is 9.96. The highest BCUT2D eigenvalue weighted by Crippen LogP contribution is 2.28. The lowest BCUT2D eigenvalue weighted by Gasteiger charge is -2.44. The van der Waals surface area contributed by atoms with E-state index in [-0.39, 0.29) is 0 Å². The minimum Gasteiger partial charge on any atom is -0.394 e. The Morgan fingerprint density at radius 1 is 1.35 bits per heavy atom. The Morgan fingerprint density at radius 2 is 1.88 bits per heavy atom. The van der Waals surface area contributed by atoms with Gasteiger partial charge in [0, 0.05) is 0 Å². The second kappa shape index (κ2) is 4.72. The van der Waals surface area contributed by atoms with Crippen LogP contribution in [0.4, 0.5) is 0 Å². The van der Waals surface area contributed by atoms with Crippen molar-refractivity contribution in [1.82, 2.24) is 0 Å². The molecular weight excluding hydrogens is 260 g/mol. The minimum absolute atomic E-state index is 0.804. The van der Waals surface area contributed by atoms with E-state index in [1.807, 2.05) is 0 Å². The van der Waals surface area contributed by atoms with Crippen molar-refractivity contribution in [3.63, 3.8) is 0 Å². The number of aliphatic hydroxyl groups excluding tert-OH is 3. The molecule has 0 aliphatic carbocycles. The Bertz CT molecular complexity index is 372. The van der Waals surface area contributed by atoms with Crippen LogP contribution in [0.3, 0.4) is 0 Å².